The zero-order valence-corrected chi connectivity index (χ0v) is 14.8. The molecule has 0 bridgehead atoms. The molecule has 4 rings (SSSR count). The maximum Gasteiger partial charge on any atom is 0.274 e. The first-order valence-corrected chi connectivity index (χ1v) is 9.29. The van der Waals surface area contributed by atoms with Crippen molar-refractivity contribution in [3.8, 4) is 0 Å². The Morgan fingerprint density at radius 1 is 1.08 bits per heavy atom. The number of carbonyl (C=O) groups excluding carboxylic acids is 1. The van der Waals surface area contributed by atoms with Crippen molar-refractivity contribution in [3.63, 3.8) is 0 Å². The molecule has 1 amide bonds. The van der Waals surface area contributed by atoms with Crippen LogP contribution in [0.4, 0.5) is 5.82 Å². The predicted octanol–water partition coefficient (Wildman–Crippen LogP) is 1.69. The van der Waals surface area contributed by atoms with Gasteiger partial charge in [-0.15, -0.1) is 0 Å². The quantitative estimate of drug-likeness (QED) is 0.812. The van der Waals surface area contributed by atoms with Crippen molar-refractivity contribution < 1.29 is 14.3 Å². The summed E-state index contributed by atoms with van der Waals surface area (Å²) in [5.41, 5.74) is 0.415. The average Bonchev–Trinajstić information content (AvgIpc) is 3.11. The van der Waals surface area contributed by atoms with Gasteiger partial charge in [-0.2, -0.15) is 0 Å². The second kappa shape index (κ2) is 6.88. The molecule has 7 heteroatoms. The van der Waals surface area contributed by atoms with Crippen molar-refractivity contribution >= 4 is 11.7 Å². The monoisotopic (exact) mass is 346 g/mol. The van der Waals surface area contributed by atoms with Crippen molar-refractivity contribution in [1.29, 1.82) is 0 Å². The topological polar surface area (TPSA) is 67.8 Å². The molecule has 0 aliphatic carbocycles. The van der Waals surface area contributed by atoms with E-state index in [1.165, 1.54) is 12.8 Å². The molecule has 3 saturated heterocycles. The maximum absolute atomic E-state index is 12.7. The van der Waals surface area contributed by atoms with Crippen molar-refractivity contribution in [3.05, 3.63) is 18.1 Å². The zero-order valence-electron chi connectivity index (χ0n) is 14.8. The fourth-order valence-corrected chi connectivity index (χ4v) is 3.83. The first-order valence-electron chi connectivity index (χ1n) is 9.29. The van der Waals surface area contributed by atoms with Gasteiger partial charge in [-0.25, -0.2) is 9.97 Å². The lowest BCUT2D eigenvalue weighted by Gasteiger charge is -2.37. The van der Waals surface area contributed by atoms with Gasteiger partial charge in [0, 0.05) is 39.0 Å². The van der Waals surface area contributed by atoms with E-state index in [-0.39, 0.29) is 5.91 Å². The van der Waals surface area contributed by atoms with Gasteiger partial charge in [0.15, 0.2) is 5.79 Å². The summed E-state index contributed by atoms with van der Waals surface area (Å²) in [5.74, 6) is 1.13. The number of aromatic nitrogens is 2. The lowest BCUT2D eigenvalue weighted by molar-refractivity contribution is -0.181. The van der Waals surface area contributed by atoms with E-state index in [4.69, 9.17) is 9.47 Å². The Labute approximate surface area is 148 Å². The minimum Gasteiger partial charge on any atom is -0.355 e. The fraction of sp³-hybridized carbons (Fsp3) is 0.722. The van der Waals surface area contributed by atoms with Crippen LogP contribution in [0.3, 0.4) is 0 Å². The second-order valence-electron chi connectivity index (χ2n) is 7.33. The van der Waals surface area contributed by atoms with Crippen LogP contribution in [0.15, 0.2) is 12.4 Å². The molecular weight excluding hydrogens is 320 g/mol. The van der Waals surface area contributed by atoms with Crippen LogP contribution < -0.4 is 4.90 Å². The molecule has 0 unspecified atom stereocenters. The van der Waals surface area contributed by atoms with E-state index < -0.39 is 5.79 Å². The summed E-state index contributed by atoms with van der Waals surface area (Å²) >= 11 is 0. The lowest BCUT2D eigenvalue weighted by atomic mass is 9.99. The Morgan fingerprint density at radius 2 is 1.76 bits per heavy atom. The Hall–Kier alpha value is -1.73. The molecule has 0 N–H and O–H groups in total. The molecule has 3 aliphatic rings. The van der Waals surface area contributed by atoms with Gasteiger partial charge in [0.05, 0.1) is 25.6 Å². The number of nitrogens with zero attached hydrogens (tertiary/aromatic N) is 4. The van der Waals surface area contributed by atoms with Gasteiger partial charge < -0.3 is 19.3 Å². The Morgan fingerprint density at radius 3 is 2.36 bits per heavy atom. The largest absolute Gasteiger partial charge is 0.355 e. The third-order valence-electron chi connectivity index (χ3n) is 5.59. The van der Waals surface area contributed by atoms with E-state index in [9.17, 15) is 4.79 Å². The van der Waals surface area contributed by atoms with Crippen LogP contribution in [-0.2, 0) is 9.47 Å². The first kappa shape index (κ1) is 16.7. The highest BCUT2D eigenvalue weighted by Crippen LogP contribution is 2.31. The van der Waals surface area contributed by atoms with Gasteiger partial charge in [0.2, 0.25) is 0 Å². The van der Waals surface area contributed by atoms with Crippen LogP contribution in [-0.4, -0.2) is 66.0 Å². The second-order valence-corrected chi connectivity index (χ2v) is 7.33. The molecule has 0 aromatic carbocycles. The van der Waals surface area contributed by atoms with Crippen LogP contribution in [0.1, 0.15) is 43.1 Å². The summed E-state index contributed by atoms with van der Waals surface area (Å²) in [4.78, 5) is 25.6. The summed E-state index contributed by atoms with van der Waals surface area (Å²) in [6.07, 6.45) is 7.15. The van der Waals surface area contributed by atoms with E-state index in [1.807, 2.05) is 4.90 Å². The molecule has 136 valence electrons. The van der Waals surface area contributed by atoms with Crippen LogP contribution in [0.2, 0.25) is 0 Å². The normalized spacial score (nSPS) is 24.0. The van der Waals surface area contributed by atoms with Gasteiger partial charge in [-0.05, 0) is 18.8 Å². The molecule has 0 atom stereocenters. The number of anilines is 1. The van der Waals surface area contributed by atoms with Crippen molar-refractivity contribution in [2.24, 2.45) is 5.92 Å². The number of hydrogen-bond donors (Lipinski definition) is 0. The highest BCUT2D eigenvalue weighted by Gasteiger charge is 2.41. The molecule has 1 aromatic heterocycles. The minimum atomic E-state index is -0.461. The Balaban J connectivity index is 1.36. The van der Waals surface area contributed by atoms with Crippen molar-refractivity contribution in [1.82, 2.24) is 14.9 Å². The van der Waals surface area contributed by atoms with Crippen LogP contribution in [0.5, 0.6) is 0 Å². The molecule has 1 aromatic rings. The smallest absolute Gasteiger partial charge is 0.274 e. The van der Waals surface area contributed by atoms with Crippen LogP contribution >= 0.6 is 0 Å². The zero-order chi connectivity index (χ0) is 17.3. The van der Waals surface area contributed by atoms with Crippen LogP contribution in [0, 0.1) is 5.92 Å². The fourth-order valence-electron chi connectivity index (χ4n) is 3.83. The van der Waals surface area contributed by atoms with Crippen molar-refractivity contribution in [2.45, 2.75) is 38.4 Å². The SMILES string of the molecule is CC1CCN(c2cnc(C(=O)N3CCC4(CC3)OCCO4)cn2)CC1. The van der Waals surface area contributed by atoms with Gasteiger partial charge in [0.1, 0.15) is 11.5 Å². The molecule has 3 aliphatic heterocycles. The Bertz CT molecular complexity index is 597. The molecule has 0 radical (unpaired) electrons. The number of rotatable bonds is 2. The van der Waals surface area contributed by atoms with Gasteiger partial charge in [-0.1, -0.05) is 6.92 Å². The average molecular weight is 346 g/mol. The summed E-state index contributed by atoms with van der Waals surface area (Å²) in [6.45, 7) is 6.87. The molecule has 1 spiro atoms. The van der Waals surface area contributed by atoms with Gasteiger partial charge >= 0.3 is 0 Å². The molecule has 7 nitrogen and oxygen atoms in total. The standard InChI is InChI=1S/C18H26N4O3/c1-14-2-6-21(7-3-14)16-13-19-15(12-20-16)17(23)22-8-4-18(5-9-22)24-10-11-25-18/h12-14H,2-11H2,1H3. The summed E-state index contributed by atoms with van der Waals surface area (Å²) < 4.78 is 11.4. The lowest BCUT2D eigenvalue weighted by Crippen LogP contribution is -2.47. The van der Waals surface area contributed by atoms with E-state index in [0.29, 0.717) is 32.0 Å². The van der Waals surface area contributed by atoms with E-state index in [0.717, 1.165) is 37.7 Å². The molecule has 25 heavy (non-hydrogen) atoms. The summed E-state index contributed by atoms with van der Waals surface area (Å²) in [5, 5.41) is 0. The minimum absolute atomic E-state index is 0.0563. The first-order chi connectivity index (χ1) is 12.2. The highest BCUT2D eigenvalue weighted by molar-refractivity contribution is 5.92. The third-order valence-corrected chi connectivity index (χ3v) is 5.59. The summed E-state index contributed by atoms with van der Waals surface area (Å²) in [6, 6.07) is 0. The number of carbonyl (C=O) groups is 1. The number of likely N-dealkylation sites (tertiary alicyclic amines) is 1. The van der Waals surface area contributed by atoms with Crippen molar-refractivity contribution in [2.75, 3.05) is 44.3 Å². The number of amides is 1. The number of ether oxygens (including phenoxy) is 2. The Kier molecular flexibility index (Phi) is 4.60. The number of piperidine rings is 2. The molecule has 3 fully saturated rings. The molecule has 0 saturated carbocycles. The predicted molar refractivity (Wildman–Crippen MR) is 92.4 cm³/mol. The van der Waals surface area contributed by atoms with Crippen LogP contribution in [0.25, 0.3) is 0 Å². The van der Waals surface area contributed by atoms with Gasteiger partial charge in [0.25, 0.3) is 5.91 Å². The van der Waals surface area contributed by atoms with E-state index >= 15 is 0 Å². The van der Waals surface area contributed by atoms with E-state index in [2.05, 4.69) is 21.8 Å². The summed E-state index contributed by atoms with van der Waals surface area (Å²) in [7, 11) is 0. The molecular formula is C18H26N4O3. The number of hydrogen-bond acceptors (Lipinski definition) is 6. The van der Waals surface area contributed by atoms with E-state index in [1.54, 1.807) is 12.4 Å². The third kappa shape index (κ3) is 3.48. The van der Waals surface area contributed by atoms with Gasteiger partial charge in [-0.3, -0.25) is 4.79 Å². The maximum atomic E-state index is 12.7. The molecule has 4 heterocycles. The highest BCUT2D eigenvalue weighted by atomic mass is 16.7.